The minimum Gasteiger partial charge on any atom is -0.324 e. The zero-order valence-electron chi connectivity index (χ0n) is 14.2. The number of carbonyl (C=O) groups is 1. The summed E-state index contributed by atoms with van der Waals surface area (Å²) in [5, 5.41) is 6.79. The van der Waals surface area contributed by atoms with Crippen LogP contribution in [0.1, 0.15) is 21.5 Å². The van der Waals surface area contributed by atoms with Crippen LogP contribution in [0.4, 0.5) is 17.3 Å². The second-order valence-electron chi connectivity index (χ2n) is 5.82. The number of hydrogen-bond donors (Lipinski definition) is 2. The van der Waals surface area contributed by atoms with Crippen LogP contribution in [-0.4, -0.2) is 15.9 Å². The molecule has 5 nitrogen and oxygen atoms in total. The number of rotatable bonds is 4. The van der Waals surface area contributed by atoms with E-state index in [1.165, 1.54) is 12.4 Å². The number of amides is 1. The van der Waals surface area contributed by atoms with E-state index in [0.717, 1.165) is 16.8 Å². The molecule has 7 heteroatoms. The molecule has 2 aromatic carbocycles. The highest BCUT2D eigenvalue weighted by atomic mass is 35.5. The van der Waals surface area contributed by atoms with Gasteiger partial charge in [-0.2, -0.15) is 0 Å². The maximum atomic E-state index is 12.4. The maximum Gasteiger partial charge on any atom is 0.258 e. The van der Waals surface area contributed by atoms with Gasteiger partial charge in [-0.05, 0) is 49.2 Å². The first kappa shape index (κ1) is 18.2. The minimum absolute atomic E-state index is 0.264. The molecule has 0 aliphatic carbocycles. The normalized spacial score (nSPS) is 10.5. The maximum absolute atomic E-state index is 12.4. The topological polar surface area (TPSA) is 66.9 Å². The Labute approximate surface area is 161 Å². The van der Waals surface area contributed by atoms with E-state index in [-0.39, 0.29) is 5.91 Å². The lowest BCUT2D eigenvalue weighted by Gasteiger charge is -2.10. The van der Waals surface area contributed by atoms with E-state index in [2.05, 4.69) is 20.6 Å². The summed E-state index contributed by atoms with van der Waals surface area (Å²) in [6, 6.07) is 11.0. The highest BCUT2D eigenvalue weighted by Gasteiger charge is 2.10. The molecule has 0 aliphatic heterocycles. The molecule has 1 amide bonds. The fourth-order valence-electron chi connectivity index (χ4n) is 2.28. The molecular weight excluding hydrogens is 371 g/mol. The van der Waals surface area contributed by atoms with Crippen molar-refractivity contribution in [1.82, 2.24) is 9.97 Å². The lowest BCUT2D eigenvalue weighted by atomic mass is 10.1. The van der Waals surface area contributed by atoms with Crippen molar-refractivity contribution in [3.05, 3.63) is 75.5 Å². The molecule has 0 unspecified atom stereocenters. The zero-order valence-corrected chi connectivity index (χ0v) is 15.7. The van der Waals surface area contributed by atoms with Crippen LogP contribution in [0.3, 0.4) is 0 Å². The molecule has 0 fully saturated rings. The summed E-state index contributed by atoms with van der Waals surface area (Å²) in [5.41, 5.74) is 3.90. The standard InChI is InChI=1S/C19H16Cl2N4O/c1-11-3-4-12(2)17(7-11)25-18(26)13-9-22-19(23-10-13)24-14-5-6-15(20)16(21)8-14/h3-10H,1-2H3,(H,25,26)(H,22,23,24). The molecule has 0 radical (unpaired) electrons. The van der Waals surface area contributed by atoms with E-state index >= 15 is 0 Å². The fourth-order valence-corrected chi connectivity index (χ4v) is 2.58. The average molecular weight is 387 g/mol. The van der Waals surface area contributed by atoms with Gasteiger partial charge < -0.3 is 10.6 Å². The van der Waals surface area contributed by atoms with Crippen molar-refractivity contribution in [2.45, 2.75) is 13.8 Å². The average Bonchev–Trinajstić information content (AvgIpc) is 2.62. The van der Waals surface area contributed by atoms with Crippen molar-refractivity contribution in [1.29, 1.82) is 0 Å². The Kier molecular flexibility index (Phi) is 5.40. The van der Waals surface area contributed by atoms with Crippen molar-refractivity contribution >= 4 is 46.4 Å². The number of aryl methyl sites for hydroxylation is 2. The Balaban J connectivity index is 1.71. The van der Waals surface area contributed by atoms with Crippen molar-refractivity contribution in [2.24, 2.45) is 0 Å². The van der Waals surface area contributed by atoms with Gasteiger partial charge in [0.25, 0.3) is 5.91 Å². The summed E-state index contributed by atoms with van der Waals surface area (Å²) in [5.74, 6) is 0.0893. The van der Waals surface area contributed by atoms with Gasteiger partial charge in [0.05, 0.1) is 15.6 Å². The third-order valence-corrected chi connectivity index (χ3v) is 4.47. The Morgan fingerprint density at radius 3 is 2.38 bits per heavy atom. The third kappa shape index (κ3) is 4.31. The number of aromatic nitrogens is 2. The van der Waals surface area contributed by atoms with Crippen LogP contribution < -0.4 is 10.6 Å². The SMILES string of the molecule is Cc1ccc(C)c(NC(=O)c2cnc(Nc3ccc(Cl)c(Cl)c3)nc2)c1. The molecule has 1 heterocycles. The van der Waals surface area contributed by atoms with Gasteiger partial charge in [-0.25, -0.2) is 9.97 Å². The van der Waals surface area contributed by atoms with E-state index in [4.69, 9.17) is 23.2 Å². The predicted octanol–water partition coefficient (Wildman–Crippen LogP) is 5.40. The van der Waals surface area contributed by atoms with Crippen LogP contribution in [0.25, 0.3) is 0 Å². The van der Waals surface area contributed by atoms with E-state index in [0.29, 0.717) is 27.2 Å². The predicted molar refractivity (Wildman–Crippen MR) is 106 cm³/mol. The Hall–Kier alpha value is -2.63. The molecule has 0 aliphatic rings. The van der Waals surface area contributed by atoms with E-state index in [1.807, 2.05) is 32.0 Å². The highest BCUT2D eigenvalue weighted by molar-refractivity contribution is 6.42. The molecule has 0 atom stereocenters. The minimum atomic E-state index is -0.264. The van der Waals surface area contributed by atoms with Gasteiger partial charge in [0, 0.05) is 23.8 Å². The second-order valence-corrected chi connectivity index (χ2v) is 6.64. The molecule has 0 saturated carbocycles. The summed E-state index contributed by atoms with van der Waals surface area (Å²) in [6.07, 6.45) is 2.93. The summed E-state index contributed by atoms with van der Waals surface area (Å²) < 4.78 is 0. The Morgan fingerprint density at radius 2 is 1.69 bits per heavy atom. The quantitative estimate of drug-likeness (QED) is 0.629. The van der Waals surface area contributed by atoms with Crippen molar-refractivity contribution in [3.63, 3.8) is 0 Å². The lowest BCUT2D eigenvalue weighted by Crippen LogP contribution is -2.14. The Bertz CT molecular complexity index is 958. The lowest BCUT2D eigenvalue weighted by molar-refractivity contribution is 0.102. The van der Waals surface area contributed by atoms with Crippen molar-refractivity contribution < 1.29 is 4.79 Å². The first-order valence-electron chi connectivity index (χ1n) is 7.85. The van der Waals surface area contributed by atoms with Crippen LogP contribution in [0, 0.1) is 13.8 Å². The van der Waals surface area contributed by atoms with Gasteiger partial charge in [-0.15, -0.1) is 0 Å². The van der Waals surface area contributed by atoms with Crippen LogP contribution in [0.5, 0.6) is 0 Å². The number of nitrogens with zero attached hydrogens (tertiary/aromatic N) is 2. The van der Waals surface area contributed by atoms with Crippen LogP contribution >= 0.6 is 23.2 Å². The molecule has 26 heavy (non-hydrogen) atoms. The van der Waals surface area contributed by atoms with Gasteiger partial charge in [0.1, 0.15) is 0 Å². The smallest absolute Gasteiger partial charge is 0.258 e. The molecule has 0 saturated heterocycles. The zero-order chi connectivity index (χ0) is 18.7. The number of halogens is 2. The van der Waals surface area contributed by atoms with Gasteiger partial charge in [-0.1, -0.05) is 35.3 Å². The summed E-state index contributed by atoms with van der Waals surface area (Å²) in [4.78, 5) is 20.7. The monoisotopic (exact) mass is 386 g/mol. The number of benzene rings is 2. The number of nitrogens with one attached hydrogen (secondary N) is 2. The van der Waals surface area contributed by atoms with E-state index in [1.54, 1.807) is 18.2 Å². The van der Waals surface area contributed by atoms with Crippen molar-refractivity contribution in [3.8, 4) is 0 Å². The van der Waals surface area contributed by atoms with Crippen molar-refractivity contribution in [2.75, 3.05) is 10.6 Å². The number of carbonyl (C=O) groups excluding carboxylic acids is 1. The first-order valence-corrected chi connectivity index (χ1v) is 8.61. The number of hydrogen-bond acceptors (Lipinski definition) is 4. The molecule has 1 aromatic heterocycles. The molecule has 3 rings (SSSR count). The molecule has 0 spiro atoms. The largest absolute Gasteiger partial charge is 0.324 e. The Morgan fingerprint density at radius 1 is 0.962 bits per heavy atom. The third-order valence-electron chi connectivity index (χ3n) is 3.73. The highest BCUT2D eigenvalue weighted by Crippen LogP contribution is 2.26. The molecule has 2 N–H and O–H groups in total. The number of anilines is 3. The summed E-state index contributed by atoms with van der Waals surface area (Å²) in [7, 11) is 0. The van der Waals surface area contributed by atoms with Gasteiger partial charge >= 0.3 is 0 Å². The van der Waals surface area contributed by atoms with E-state index in [9.17, 15) is 4.79 Å². The molecule has 0 bridgehead atoms. The fraction of sp³-hybridized carbons (Fsp3) is 0.105. The van der Waals surface area contributed by atoms with Crippen LogP contribution in [0.15, 0.2) is 48.8 Å². The summed E-state index contributed by atoms with van der Waals surface area (Å²) >= 11 is 11.9. The van der Waals surface area contributed by atoms with E-state index < -0.39 is 0 Å². The summed E-state index contributed by atoms with van der Waals surface area (Å²) in [6.45, 7) is 3.91. The van der Waals surface area contributed by atoms with Gasteiger partial charge in [0.15, 0.2) is 0 Å². The second kappa shape index (κ2) is 7.72. The van der Waals surface area contributed by atoms with Crippen LogP contribution in [0.2, 0.25) is 10.0 Å². The molecular formula is C19H16Cl2N4O. The van der Waals surface area contributed by atoms with Gasteiger partial charge in [-0.3, -0.25) is 4.79 Å². The first-order chi connectivity index (χ1) is 12.4. The molecule has 132 valence electrons. The molecule has 3 aromatic rings. The van der Waals surface area contributed by atoms with Crippen LogP contribution in [-0.2, 0) is 0 Å². The van der Waals surface area contributed by atoms with Gasteiger partial charge in [0.2, 0.25) is 5.95 Å².